The number of hydrogen-bond acceptors (Lipinski definition) is 3. The first-order chi connectivity index (χ1) is 4.16. The minimum absolute atomic E-state index is 0.0443. The lowest BCUT2D eigenvalue weighted by Gasteiger charge is -2.06. The average molecular weight is 149 g/mol. The first kappa shape index (κ1) is 8.62. The second-order valence-corrected chi connectivity index (χ2v) is 2.37. The predicted octanol–water partition coefficient (Wildman–Crippen LogP) is 1.40. The molecular weight excluding hydrogens is 138 g/mol. The molecule has 0 aliphatic heterocycles. The van der Waals surface area contributed by atoms with E-state index in [9.17, 15) is 4.79 Å². The van der Waals surface area contributed by atoms with Crippen molar-refractivity contribution in [1.29, 1.82) is 0 Å². The van der Waals surface area contributed by atoms with Crippen molar-refractivity contribution in [2.24, 2.45) is 0 Å². The molecule has 0 aromatic heterocycles. The smallest absolute Gasteiger partial charge is 0.417 e. The van der Waals surface area contributed by atoms with Gasteiger partial charge in [-0.05, 0) is 13.8 Å². The number of amides is 1. The van der Waals surface area contributed by atoms with E-state index in [1.54, 1.807) is 20.1 Å². The molecule has 1 amide bonds. The van der Waals surface area contributed by atoms with Gasteiger partial charge in [0.15, 0.2) is 0 Å². The highest BCUT2D eigenvalue weighted by Gasteiger charge is 2.00. The van der Waals surface area contributed by atoms with Crippen LogP contribution in [-0.2, 0) is 4.74 Å². The summed E-state index contributed by atoms with van der Waals surface area (Å²) in [6.07, 6.45) is 1.34. The number of hydrogen-bond donors (Lipinski definition) is 1. The van der Waals surface area contributed by atoms with E-state index in [1.165, 1.54) is 11.9 Å². The molecule has 0 fully saturated rings. The van der Waals surface area contributed by atoms with E-state index < -0.39 is 0 Å². The van der Waals surface area contributed by atoms with E-state index in [0.29, 0.717) is 0 Å². The van der Waals surface area contributed by atoms with Crippen LogP contribution in [-0.4, -0.2) is 18.5 Å². The largest absolute Gasteiger partial charge is 0.446 e. The Labute approximate surface area is 59.3 Å². The van der Waals surface area contributed by atoms with Crippen LogP contribution < -0.4 is 4.72 Å². The maximum atomic E-state index is 10.5. The molecule has 0 radical (unpaired) electrons. The highest BCUT2D eigenvalue weighted by atomic mass is 32.2. The van der Waals surface area contributed by atoms with Crippen molar-refractivity contribution in [3.63, 3.8) is 0 Å². The zero-order valence-corrected chi connectivity index (χ0v) is 6.62. The molecular formula is C5H11NO2S. The van der Waals surface area contributed by atoms with E-state index >= 15 is 0 Å². The maximum Gasteiger partial charge on any atom is 0.417 e. The number of nitrogens with one attached hydrogen (secondary N) is 1. The van der Waals surface area contributed by atoms with Crippen LogP contribution >= 0.6 is 11.9 Å². The van der Waals surface area contributed by atoms with Gasteiger partial charge in [0.2, 0.25) is 0 Å². The van der Waals surface area contributed by atoms with Crippen molar-refractivity contribution in [3.8, 4) is 0 Å². The van der Waals surface area contributed by atoms with Crippen molar-refractivity contribution in [1.82, 2.24) is 4.72 Å². The Hall–Kier alpha value is -0.380. The summed E-state index contributed by atoms with van der Waals surface area (Å²) in [5.74, 6) is 0. The quantitative estimate of drug-likeness (QED) is 0.603. The molecule has 54 valence electrons. The summed E-state index contributed by atoms with van der Waals surface area (Å²) in [4.78, 5) is 10.5. The molecule has 4 heteroatoms. The summed E-state index contributed by atoms with van der Waals surface area (Å²) in [6.45, 7) is 3.61. The van der Waals surface area contributed by atoms with Gasteiger partial charge in [0.25, 0.3) is 0 Å². The molecule has 0 rings (SSSR count). The van der Waals surface area contributed by atoms with Gasteiger partial charge in [0.1, 0.15) is 0 Å². The molecule has 0 aliphatic rings. The van der Waals surface area contributed by atoms with Crippen molar-refractivity contribution in [2.45, 2.75) is 20.0 Å². The summed E-state index contributed by atoms with van der Waals surface area (Å²) >= 11 is 1.23. The fraction of sp³-hybridized carbons (Fsp3) is 0.800. The highest BCUT2D eigenvalue weighted by molar-refractivity contribution is 7.97. The SMILES string of the molecule is CSNC(=O)OC(C)C. The van der Waals surface area contributed by atoms with Gasteiger partial charge >= 0.3 is 6.09 Å². The second kappa shape index (κ2) is 4.49. The van der Waals surface area contributed by atoms with Crippen LogP contribution in [0.1, 0.15) is 13.8 Å². The molecule has 0 saturated heterocycles. The van der Waals surface area contributed by atoms with Gasteiger partial charge in [-0.1, -0.05) is 11.9 Å². The van der Waals surface area contributed by atoms with Crippen molar-refractivity contribution >= 4 is 18.0 Å². The number of carbonyl (C=O) groups is 1. The van der Waals surface area contributed by atoms with Gasteiger partial charge in [-0.25, -0.2) is 4.79 Å². The van der Waals surface area contributed by atoms with E-state index in [0.717, 1.165) is 0 Å². The lowest BCUT2D eigenvalue weighted by molar-refractivity contribution is 0.122. The topological polar surface area (TPSA) is 38.3 Å². The van der Waals surface area contributed by atoms with E-state index in [-0.39, 0.29) is 12.2 Å². The molecule has 0 heterocycles. The predicted molar refractivity (Wildman–Crippen MR) is 38.3 cm³/mol. The Morgan fingerprint density at radius 1 is 1.67 bits per heavy atom. The standard InChI is InChI=1S/C5H11NO2S/c1-4(2)8-5(7)6-9-3/h4H,1-3H3,(H,6,7). The maximum absolute atomic E-state index is 10.5. The third-order valence-corrected chi connectivity index (χ3v) is 0.899. The van der Waals surface area contributed by atoms with Crippen molar-refractivity contribution in [3.05, 3.63) is 0 Å². The lowest BCUT2D eigenvalue weighted by Crippen LogP contribution is -2.20. The summed E-state index contributed by atoms with van der Waals surface area (Å²) in [5, 5.41) is 0. The minimum Gasteiger partial charge on any atom is -0.446 e. The zero-order chi connectivity index (χ0) is 7.28. The van der Waals surface area contributed by atoms with Gasteiger partial charge in [-0.2, -0.15) is 0 Å². The van der Waals surface area contributed by atoms with E-state index in [2.05, 4.69) is 4.72 Å². The first-order valence-corrected chi connectivity index (χ1v) is 3.89. The molecule has 0 spiro atoms. The molecule has 0 atom stereocenters. The van der Waals surface area contributed by atoms with Gasteiger partial charge < -0.3 is 4.74 Å². The third kappa shape index (κ3) is 5.49. The van der Waals surface area contributed by atoms with Gasteiger partial charge in [0, 0.05) is 6.26 Å². The lowest BCUT2D eigenvalue weighted by atomic mass is 10.5. The monoisotopic (exact) mass is 149 g/mol. The van der Waals surface area contributed by atoms with Crippen LogP contribution in [0.2, 0.25) is 0 Å². The van der Waals surface area contributed by atoms with Crippen LogP contribution in [0.15, 0.2) is 0 Å². The van der Waals surface area contributed by atoms with Crippen LogP contribution in [0.4, 0.5) is 4.79 Å². The summed E-state index contributed by atoms with van der Waals surface area (Å²) in [6, 6.07) is 0. The fourth-order valence-electron chi connectivity index (χ4n) is 0.321. The summed E-state index contributed by atoms with van der Waals surface area (Å²) in [7, 11) is 0. The van der Waals surface area contributed by atoms with E-state index in [1.807, 2.05) is 0 Å². The van der Waals surface area contributed by atoms with Gasteiger partial charge in [-0.15, -0.1) is 0 Å². The Bertz CT molecular complexity index is 95.0. The van der Waals surface area contributed by atoms with Crippen LogP contribution in [0.3, 0.4) is 0 Å². The third-order valence-electron chi connectivity index (χ3n) is 0.528. The molecule has 0 unspecified atom stereocenters. The highest BCUT2D eigenvalue weighted by Crippen LogP contribution is 1.91. The van der Waals surface area contributed by atoms with Crippen molar-refractivity contribution in [2.75, 3.05) is 6.26 Å². The first-order valence-electron chi connectivity index (χ1n) is 2.66. The Morgan fingerprint density at radius 2 is 2.22 bits per heavy atom. The Kier molecular flexibility index (Phi) is 4.30. The summed E-state index contributed by atoms with van der Waals surface area (Å²) in [5.41, 5.74) is 0. The second-order valence-electron chi connectivity index (χ2n) is 1.76. The summed E-state index contributed by atoms with van der Waals surface area (Å²) < 4.78 is 7.15. The normalized spacial score (nSPS) is 9.33. The van der Waals surface area contributed by atoms with E-state index in [4.69, 9.17) is 4.74 Å². The van der Waals surface area contributed by atoms with Crippen LogP contribution in [0.5, 0.6) is 0 Å². The molecule has 0 bridgehead atoms. The molecule has 0 aliphatic carbocycles. The Balaban J connectivity index is 3.27. The molecule has 3 nitrogen and oxygen atoms in total. The minimum atomic E-state index is -0.377. The number of carbonyl (C=O) groups excluding carboxylic acids is 1. The molecule has 0 saturated carbocycles. The molecule has 1 N–H and O–H groups in total. The molecule has 9 heavy (non-hydrogen) atoms. The van der Waals surface area contributed by atoms with Crippen molar-refractivity contribution < 1.29 is 9.53 Å². The van der Waals surface area contributed by atoms with Gasteiger partial charge in [-0.3, -0.25) is 4.72 Å². The fourth-order valence-corrected chi connectivity index (χ4v) is 0.536. The number of ether oxygens (including phenoxy) is 1. The average Bonchev–Trinajstić information content (AvgIpc) is 1.63. The van der Waals surface area contributed by atoms with Crippen LogP contribution in [0, 0.1) is 0 Å². The zero-order valence-electron chi connectivity index (χ0n) is 5.80. The van der Waals surface area contributed by atoms with Crippen LogP contribution in [0.25, 0.3) is 0 Å². The molecule has 0 aromatic carbocycles. The molecule has 0 aromatic rings. The number of rotatable bonds is 2. The Morgan fingerprint density at radius 3 is 2.56 bits per heavy atom. The van der Waals surface area contributed by atoms with Gasteiger partial charge in [0.05, 0.1) is 6.10 Å².